The number of nitrogens with one attached hydrogen (secondary N) is 2. The molecule has 0 radical (unpaired) electrons. The molecular formula is C17H14Cl2N8O3S. The lowest BCUT2D eigenvalue weighted by Crippen LogP contribution is -2.16. The van der Waals surface area contributed by atoms with Gasteiger partial charge in [0.15, 0.2) is 0 Å². The second kappa shape index (κ2) is 10.1. The average molecular weight is 481 g/mol. The molecule has 14 heteroatoms. The van der Waals surface area contributed by atoms with E-state index >= 15 is 0 Å². The molecular weight excluding hydrogens is 467 g/mol. The standard InChI is InChI=1S/C17H14Cl2N8O3S/c18-11-5-12(19)7-13(6-11)22-15(28)9-31-17-25-24-16(26(17)20)23-21-8-10-1-3-14(4-2-10)27(29)30/h1-8H,9,20H2,(H,22,28)(H,23,24)/b21-8+. The minimum absolute atomic E-state index is 0.0176. The number of nitro groups is 1. The zero-order valence-corrected chi connectivity index (χ0v) is 17.9. The molecule has 2 aromatic carbocycles. The average Bonchev–Trinajstić information content (AvgIpc) is 3.05. The highest BCUT2D eigenvalue weighted by molar-refractivity contribution is 7.99. The van der Waals surface area contributed by atoms with Crippen molar-refractivity contribution in [2.24, 2.45) is 5.10 Å². The van der Waals surface area contributed by atoms with Crippen LogP contribution in [-0.2, 0) is 4.79 Å². The van der Waals surface area contributed by atoms with Gasteiger partial charge in [-0.25, -0.2) is 10.1 Å². The Morgan fingerprint density at radius 2 is 1.90 bits per heavy atom. The Balaban J connectivity index is 1.53. The number of hydrazone groups is 1. The highest BCUT2D eigenvalue weighted by Crippen LogP contribution is 2.23. The van der Waals surface area contributed by atoms with Crippen LogP contribution < -0.4 is 16.6 Å². The second-order valence-corrected chi connectivity index (χ2v) is 7.71. The SMILES string of the molecule is Nn1c(N/N=C/c2ccc([N+](=O)[O-])cc2)nnc1SCC(=O)Nc1cc(Cl)cc(Cl)c1. The summed E-state index contributed by atoms with van der Waals surface area (Å²) in [6.45, 7) is 0. The van der Waals surface area contributed by atoms with Crippen molar-refractivity contribution in [1.82, 2.24) is 14.9 Å². The van der Waals surface area contributed by atoms with Gasteiger partial charge in [0.25, 0.3) is 11.6 Å². The number of nitrogen functional groups attached to an aromatic ring is 1. The van der Waals surface area contributed by atoms with Crippen LogP contribution >= 0.6 is 35.0 Å². The van der Waals surface area contributed by atoms with Crippen LogP contribution in [0.15, 0.2) is 52.7 Å². The van der Waals surface area contributed by atoms with Gasteiger partial charge in [-0.2, -0.15) is 5.10 Å². The number of nitro benzene ring substituents is 1. The van der Waals surface area contributed by atoms with Crippen molar-refractivity contribution < 1.29 is 9.72 Å². The molecule has 0 saturated heterocycles. The number of hydrogen-bond acceptors (Lipinski definition) is 9. The Morgan fingerprint density at radius 1 is 1.23 bits per heavy atom. The number of rotatable bonds is 8. The molecule has 0 aliphatic carbocycles. The molecule has 0 atom stereocenters. The maximum Gasteiger partial charge on any atom is 0.269 e. The molecule has 0 aliphatic rings. The van der Waals surface area contributed by atoms with Crippen LogP contribution in [0.1, 0.15) is 5.56 Å². The van der Waals surface area contributed by atoms with Gasteiger partial charge in [0.2, 0.25) is 11.1 Å². The molecule has 0 fully saturated rings. The Bertz CT molecular complexity index is 1120. The van der Waals surface area contributed by atoms with E-state index in [9.17, 15) is 14.9 Å². The first-order chi connectivity index (χ1) is 14.8. The fraction of sp³-hybridized carbons (Fsp3) is 0.0588. The molecule has 1 heterocycles. The Hall–Kier alpha value is -3.35. The third kappa shape index (κ3) is 6.31. The van der Waals surface area contributed by atoms with Crippen molar-refractivity contribution in [2.75, 3.05) is 22.3 Å². The normalized spacial score (nSPS) is 10.9. The van der Waals surface area contributed by atoms with Gasteiger partial charge < -0.3 is 11.2 Å². The third-order valence-electron chi connectivity index (χ3n) is 3.63. The molecule has 0 spiro atoms. The minimum atomic E-state index is -0.486. The zero-order chi connectivity index (χ0) is 22.4. The second-order valence-electron chi connectivity index (χ2n) is 5.89. The van der Waals surface area contributed by atoms with E-state index in [4.69, 9.17) is 29.0 Å². The number of thioether (sulfide) groups is 1. The van der Waals surface area contributed by atoms with Crippen molar-refractivity contribution in [3.63, 3.8) is 0 Å². The van der Waals surface area contributed by atoms with Crippen LogP contribution in [0.3, 0.4) is 0 Å². The van der Waals surface area contributed by atoms with Crippen molar-refractivity contribution in [3.8, 4) is 0 Å². The smallest absolute Gasteiger partial charge is 0.269 e. The van der Waals surface area contributed by atoms with Crippen LogP contribution in [0.25, 0.3) is 0 Å². The number of amides is 1. The largest absolute Gasteiger partial charge is 0.334 e. The van der Waals surface area contributed by atoms with E-state index in [2.05, 4.69) is 26.0 Å². The van der Waals surface area contributed by atoms with Crippen molar-refractivity contribution in [3.05, 3.63) is 68.2 Å². The molecule has 0 saturated carbocycles. The quantitative estimate of drug-likeness (QED) is 0.146. The van der Waals surface area contributed by atoms with E-state index in [0.717, 1.165) is 16.4 Å². The van der Waals surface area contributed by atoms with Gasteiger partial charge in [-0.3, -0.25) is 14.9 Å². The van der Waals surface area contributed by atoms with Crippen LogP contribution in [0.5, 0.6) is 0 Å². The highest BCUT2D eigenvalue weighted by Gasteiger charge is 2.12. The van der Waals surface area contributed by atoms with E-state index in [-0.39, 0.29) is 28.5 Å². The number of carbonyl (C=O) groups excluding carboxylic acids is 1. The number of nitrogens with two attached hydrogens (primary N) is 1. The lowest BCUT2D eigenvalue weighted by atomic mass is 10.2. The monoisotopic (exact) mass is 480 g/mol. The topological polar surface area (TPSA) is 153 Å². The van der Waals surface area contributed by atoms with Crippen LogP contribution in [-0.4, -0.2) is 37.7 Å². The molecule has 1 amide bonds. The summed E-state index contributed by atoms with van der Waals surface area (Å²) in [5.74, 6) is 5.76. The van der Waals surface area contributed by atoms with Gasteiger partial charge in [-0.15, -0.1) is 10.2 Å². The van der Waals surface area contributed by atoms with Crippen LogP contribution in [0, 0.1) is 10.1 Å². The Kier molecular flexibility index (Phi) is 7.28. The third-order valence-corrected chi connectivity index (χ3v) is 5.00. The number of halogens is 2. The molecule has 160 valence electrons. The van der Waals surface area contributed by atoms with E-state index in [1.165, 1.54) is 18.3 Å². The first kappa shape index (κ1) is 22.3. The fourth-order valence-corrected chi connectivity index (χ4v) is 3.43. The van der Waals surface area contributed by atoms with Crippen LogP contribution in [0.4, 0.5) is 17.3 Å². The number of benzene rings is 2. The first-order valence-corrected chi connectivity index (χ1v) is 10.2. The molecule has 1 aromatic heterocycles. The predicted molar refractivity (Wildman–Crippen MR) is 120 cm³/mol. The summed E-state index contributed by atoms with van der Waals surface area (Å²) < 4.78 is 1.14. The van der Waals surface area contributed by atoms with Gasteiger partial charge >= 0.3 is 0 Å². The molecule has 4 N–H and O–H groups in total. The van der Waals surface area contributed by atoms with Crippen molar-refractivity contribution in [1.29, 1.82) is 0 Å². The molecule has 0 bridgehead atoms. The summed E-state index contributed by atoms with van der Waals surface area (Å²) in [7, 11) is 0. The van der Waals surface area contributed by atoms with Gasteiger partial charge in [0.05, 0.1) is 16.9 Å². The summed E-state index contributed by atoms with van der Waals surface area (Å²) in [5, 5.41) is 26.1. The number of hydrogen-bond donors (Lipinski definition) is 3. The first-order valence-electron chi connectivity index (χ1n) is 8.44. The molecule has 31 heavy (non-hydrogen) atoms. The number of carbonyl (C=O) groups is 1. The zero-order valence-electron chi connectivity index (χ0n) is 15.5. The summed E-state index contributed by atoms with van der Waals surface area (Å²) in [6, 6.07) is 10.5. The van der Waals surface area contributed by atoms with Crippen molar-refractivity contribution >= 4 is 64.4 Å². The van der Waals surface area contributed by atoms with Crippen LogP contribution in [0.2, 0.25) is 10.0 Å². The highest BCUT2D eigenvalue weighted by atomic mass is 35.5. The Morgan fingerprint density at radius 3 is 2.55 bits per heavy atom. The molecule has 11 nitrogen and oxygen atoms in total. The lowest BCUT2D eigenvalue weighted by Gasteiger charge is -2.06. The number of non-ortho nitro benzene ring substituents is 1. The van der Waals surface area contributed by atoms with Gasteiger partial charge in [0, 0.05) is 27.9 Å². The lowest BCUT2D eigenvalue weighted by molar-refractivity contribution is -0.384. The predicted octanol–water partition coefficient (Wildman–Crippen LogP) is 3.38. The maximum absolute atomic E-state index is 12.1. The summed E-state index contributed by atoms with van der Waals surface area (Å²) >= 11 is 12.9. The van der Waals surface area contributed by atoms with E-state index in [1.807, 2.05) is 0 Å². The molecule has 0 aliphatic heterocycles. The van der Waals surface area contributed by atoms with Crippen molar-refractivity contribution in [2.45, 2.75) is 5.16 Å². The van der Waals surface area contributed by atoms with Gasteiger partial charge in [-0.05, 0) is 35.9 Å². The maximum atomic E-state index is 12.1. The molecule has 0 unspecified atom stereocenters. The summed E-state index contributed by atoms with van der Waals surface area (Å²) in [4.78, 5) is 22.3. The van der Waals surface area contributed by atoms with E-state index in [1.54, 1.807) is 30.3 Å². The minimum Gasteiger partial charge on any atom is -0.334 e. The number of aromatic nitrogens is 3. The summed E-state index contributed by atoms with van der Waals surface area (Å²) in [5.41, 5.74) is 3.70. The molecule has 3 aromatic rings. The van der Waals surface area contributed by atoms with Gasteiger partial charge in [0.1, 0.15) is 0 Å². The Labute approximate surface area is 189 Å². The van der Waals surface area contributed by atoms with E-state index < -0.39 is 4.92 Å². The number of anilines is 2. The van der Waals surface area contributed by atoms with Gasteiger partial charge in [-0.1, -0.05) is 35.0 Å². The summed E-state index contributed by atoms with van der Waals surface area (Å²) in [6.07, 6.45) is 1.44. The number of nitrogens with zero attached hydrogens (tertiary/aromatic N) is 5. The van der Waals surface area contributed by atoms with E-state index in [0.29, 0.717) is 21.3 Å². The molecule has 3 rings (SSSR count). The fourth-order valence-electron chi connectivity index (χ4n) is 2.25.